The van der Waals surface area contributed by atoms with Gasteiger partial charge in [-0.15, -0.1) is 0 Å². The topological polar surface area (TPSA) is 92.5 Å². The number of hydrogen-bond acceptors (Lipinski definition) is 5. The summed E-state index contributed by atoms with van der Waals surface area (Å²) in [5.41, 5.74) is 8.85. The van der Waals surface area contributed by atoms with Gasteiger partial charge < -0.3 is 16.0 Å². The molecule has 0 radical (unpaired) electrons. The minimum atomic E-state index is 0.492. The Morgan fingerprint density at radius 3 is 2.95 bits per heavy atom. The van der Waals surface area contributed by atoms with E-state index in [1.807, 2.05) is 13.0 Å². The van der Waals surface area contributed by atoms with Crippen molar-refractivity contribution in [3.05, 3.63) is 47.7 Å². The fourth-order valence-corrected chi connectivity index (χ4v) is 2.11. The number of H-pyrrole nitrogens is 1. The zero-order chi connectivity index (χ0) is 13.9. The number of fused-ring (bicyclic) bond motifs is 1. The Hall–Kier alpha value is -2.47. The fourth-order valence-electron chi connectivity index (χ4n) is 2.11. The molecule has 3 aromatic rings. The highest BCUT2D eigenvalue weighted by atomic mass is 15.0. The summed E-state index contributed by atoms with van der Waals surface area (Å²) in [7, 11) is 0. The molecule has 0 aliphatic carbocycles. The molecule has 0 amide bonds. The Bertz CT molecular complexity index is 733. The van der Waals surface area contributed by atoms with Crippen LogP contribution >= 0.6 is 0 Å². The number of hydrogen-bond donors (Lipinski definition) is 3. The Labute approximate surface area is 116 Å². The molecule has 6 nitrogen and oxygen atoms in total. The molecule has 0 unspecified atom stereocenters. The van der Waals surface area contributed by atoms with E-state index in [-0.39, 0.29) is 0 Å². The van der Waals surface area contributed by atoms with Crippen LogP contribution in [0.5, 0.6) is 0 Å². The van der Waals surface area contributed by atoms with E-state index in [1.165, 1.54) is 5.56 Å². The lowest BCUT2D eigenvalue weighted by Gasteiger charge is -2.04. The standard InChI is InChI=1S/C14H16N6/c1-9-18-11-3-2-10(6-12(11)19-9)7-16-8-14-17-5-4-13(15)20-14/h2-6,16H,7-8H2,1H3,(H,18,19)(H2,15,17,20). The number of aromatic nitrogens is 4. The van der Waals surface area contributed by atoms with Crippen LogP contribution in [0.4, 0.5) is 5.82 Å². The normalized spacial score (nSPS) is 11.1. The highest BCUT2D eigenvalue weighted by Crippen LogP contribution is 2.13. The van der Waals surface area contributed by atoms with Crippen LogP contribution in [-0.4, -0.2) is 19.9 Å². The molecule has 1 aromatic carbocycles. The van der Waals surface area contributed by atoms with Crippen molar-refractivity contribution >= 4 is 16.9 Å². The molecular formula is C14H16N6. The van der Waals surface area contributed by atoms with Gasteiger partial charge in [0.1, 0.15) is 17.5 Å². The molecule has 0 aliphatic heterocycles. The molecule has 102 valence electrons. The summed E-state index contributed by atoms with van der Waals surface area (Å²) in [6, 6.07) is 7.86. The zero-order valence-corrected chi connectivity index (χ0v) is 11.2. The number of aryl methyl sites for hydroxylation is 1. The van der Waals surface area contributed by atoms with Crippen LogP contribution in [0.1, 0.15) is 17.2 Å². The molecule has 0 saturated carbocycles. The zero-order valence-electron chi connectivity index (χ0n) is 11.2. The third kappa shape index (κ3) is 2.75. The molecule has 20 heavy (non-hydrogen) atoms. The third-order valence-electron chi connectivity index (χ3n) is 3.00. The summed E-state index contributed by atoms with van der Waals surface area (Å²) >= 11 is 0. The number of nitrogens with two attached hydrogens (primary N) is 1. The summed E-state index contributed by atoms with van der Waals surface area (Å²) in [6.45, 7) is 3.28. The first kappa shape index (κ1) is 12.6. The van der Waals surface area contributed by atoms with E-state index in [0.29, 0.717) is 18.2 Å². The van der Waals surface area contributed by atoms with Gasteiger partial charge in [0.15, 0.2) is 0 Å². The highest BCUT2D eigenvalue weighted by molar-refractivity contribution is 5.75. The smallest absolute Gasteiger partial charge is 0.144 e. The summed E-state index contributed by atoms with van der Waals surface area (Å²) in [4.78, 5) is 15.9. The summed E-state index contributed by atoms with van der Waals surface area (Å²) < 4.78 is 0. The largest absolute Gasteiger partial charge is 0.384 e. The maximum Gasteiger partial charge on any atom is 0.144 e. The number of rotatable bonds is 4. The minimum absolute atomic E-state index is 0.492. The van der Waals surface area contributed by atoms with Crippen molar-refractivity contribution in [2.45, 2.75) is 20.0 Å². The number of nitrogen functional groups attached to an aromatic ring is 1. The van der Waals surface area contributed by atoms with Crippen molar-refractivity contribution in [3.63, 3.8) is 0 Å². The quantitative estimate of drug-likeness (QED) is 0.667. The van der Waals surface area contributed by atoms with Crippen molar-refractivity contribution in [1.29, 1.82) is 0 Å². The molecule has 0 saturated heterocycles. The SMILES string of the molecule is Cc1nc2ccc(CNCc3nccc(N)n3)cc2[nH]1. The second kappa shape index (κ2) is 5.26. The molecule has 2 aromatic heterocycles. The molecule has 6 heteroatoms. The second-order valence-electron chi connectivity index (χ2n) is 4.68. The van der Waals surface area contributed by atoms with E-state index in [0.717, 1.165) is 23.4 Å². The maximum absolute atomic E-state index is 5.62. The fraction of sp³-hybridized carbons (Fsp3) is 0.214. The van der Waals surface area contributed by atoms with Gasteiger partial charge in [-0.3, -0.25) is 0 Å². The predicted molar refractivity (Wildman–Crippen MR) is 77.8 cm³/mol. The van der Waals surface area contributed by atoms with Gasteiger partial charge in [-0.2, -0.15) is 0 Å². The maximum atomic E-state index is 5.62. The summed E-state index contributed by atoms with van der Waals surface area (Å²) in [5, 5.41) is 3.30. The van der Waals surface area contributed by atoms with Gasteiger partial charge in [-0.1, -0.05) is 6.07 Å². The Morgan fingerprint density at radius 2 is 2.10 bits per heavy atom. The number of anilines is 1. The monoisotopic (exact) mass is 268 g/mol. The Balaban J connectivity index is 1.64. The van der Waals surface area contributed by atoms with Crippen LogP contribution in [0.25, 0.3) is 11.0 Å². The van der Waals surface area contributed by atoms with Gasteiger partial charge in [0.25, 0.3) is 0 Å². The van der Waals surface area contributed by atoms with E-state index < -0.39 is 0 Å². The van der Waals surface area contributed by atoms with Crippen LogP contribution < -0.4 is 11.1 Å². The van der Waals surface area contributed by atoms with Gasteiger partial charge in [-0.25, -0.2) is 15.0 Å². The van der Waals surface area contributed by atoms with Crippen molar-refractivity contribution in [3.8, 4) is 0 Å². The van der Waals surface area contributed by atoms with Crippen molar-refractivity contribution < 1.29 is 0 Å². The molecular weight excluding hydrogens is 252 g/mol. The van der Waals surface area contributed by atoms with E-state index in [1.54, 1.807) is 12.3 Å². The lowest BCUT2D eigenvalue weighted by atomic mass is 10.2. The predicted octanol–water partition coefficient (Wildman–Crippen LogP) is 1.53. The molecule has 0 fully saturated rings. The van der Waals surface area contributed by atoms with E-state index in [2.05, 4.69) is 37.4 Å². The minimum Gasteiger partial charge on any atom is -0.384 e. The molecule has 0 bridgehead atoms. The number of nitrogens with one attached hydrogen (secondary N) is 2. The van der Waals surface area contributed by atoms with E-state index >= 15 is 0 Å². The molecule has 4 N–H and O–H groups in total. The molecule has 0 spiro atoms. The first-order chi connectivity index (χ1) is 9.70. The van der Waals surface area contributed by atoms with Gasteiger partial charge in [0, 0.05) is 12.7 Å². The van der Waals surface area contributed by atoms with Gasteiger partial charge in [-0.05, 0) is 30.7 Å². The van der Waals surface area contributed by atoms with E-state index in [9.17, 15) is 0 Å². The van der Waals surface area contributed by atoms with Crippen molar-refractivity contribution in [1.82, 2.24) is 25.3 Å². The number of imidazole rings is 1. The van der Waals surface area contributed by atoms with Gasteiger partial charge in [0.2, 0.25) is 0 Å². The lowest BCUT2D eigenvalue weighted by molar-refractivity contribution is 0.663. The number of aromatic amines is 1. The van der Waals surface area contributed by atoms with Crippen LogP contribution in [0.2, 0.25) is 0 Å². The van der Waals surface area contributed by atoms with Gasteiger partial charge in [0.05, 0.1) is 17.6 Å². The van der Waals surface area contributed by atoms with E-state index in [4.69, 9.17) is 5.73 Å². The lowest BCUT2D eigenvalue weighted by Crippen LogP contribution is -2.15. The molecule has 0 aliphatic rings. The van der Waals surface area contributed by atoms with Crippen LogP contribution in [0.3, 0.4) is 0 Å². The summed E-state index contributed by atoms with van der Waals surface area (Å²) in [6.07, 6.45) is 1.67. The Morgan fingerprint density at radius 1 is 1.20 bits per heavy atom. The second-order valence-corrected chi connectivity index (χ2v) is 4.68. The highest BCUT2D eigenvalue weighted by Gasteiger charge is 2.01. The number of nitrogens with zero attached hydrogens (tertiary/aromatic N) is 3. The first-order valence-corrected chi connectivity index (χ1v) is 6.44. The van der Waals surface area contributed by atoms with Crippen molar-refractivity contribution in [2.24, 2.45) is 0 Å². The van der Waals surface area contributed by atoms with Crippen molar-refractivity contribution in [2.75, 3.05) is 5.73 Å². The summed E-state index contributed by atoms with van der Waals surface area (Å²) in [5.74, 6) is 2.12. The number of benzene rings is 1. The molecule has 2 heterocycles. The first-order valence-electron chi connectivity index (χ1n) is 6.44. The Kier molecular flexibility index (Phi) is 3.30. The average molecular weight is 268 g/mol. The average Bonchev–Trinajstić information content (AvgIpc) is 2.78. The van der Waals surface area contributed by atoms with Crippen LogP contribution in [0.15, 0.2) is 30.5 Å². The van der Waals surface area contributed by atoms with Crippen LogP contribution in [-0.2, 0) is 13.1 Å². The van der Waals surface area contributed by atoms with Crippen LogP contribution in [0, 0.1) is 6.92 Å². The molecule has 3 rings (SSSR count). The third-order valence-corrected chi connectivity index (χ3v) is 3.00. The van der Waals surface area contributed by atoms with Gasteiger partial charge >= 0.3 is 0 Å². The molecule has 0 atom stereocenters.